The van der Waals surface area contributed by atoms with Crippen LogP contribution in [0, 0.1) is 22.0 Å². The lowest BCUT2D eigenvalue weighted by molar-refractivity contribution is -0.578. The summed E-state index contributed by atoms with van der Waals surface area (Å²) in [5.41, 5.74) is 0.899. The van der Waals surface area contributed by atoms with Gasteiger partial charge in [0, 0.05) is 22.0 Å². The van der Waals surface area contributed by atoms with Crippen LogP contribution >= 0.6 is 11.6 Å². The number of benzene rings is 3. The van der Waals surface area contributed by atoms with Gasteiger partial charge in [0.1, 0.15) is 5.92 Å². The molecular formula is C24H15ClN2O4. The van der Waals surface area contributed by atoms with Gasteiger partial charge in [0.15, 0.2) is 0 Å². The first-order valence-electron chi connectivity index (χ1n) is 9.95. The lowest BCUT2D eigenvalue weighted by Crippen LogP contribution is -2.57. The molecule has 0 aromatic heterocycles. The first-order valence-corrected chi connectivity index (χ1v) is 10.3. The zero-order valence-electron chi connectivity index (χ0n) is 16.1. The van der Waals surface area contributed by atoms with E-state index in [1.807, 2.05) is 24.3 Å². The third kappa shape index (κ3) is 1.98. The largest absolute Gasteiger partial charge is 0.285 e. The Labute approximate surface area is 182 Å². The summed E-state index contributed by atoms with van der Waals surface area (Å²) < 4.78 is 0. The zero-order chi connectivity index (χ0) is 21.5. The van der Waals surface area contributed by atoms with Crippen LogP contribution in [0.15, 0.2) is 72.8 Å². The van der Waals surface area contributed by atoms with E-state index in [0.29, 0.717) is 11.1 Å². The van der Waals surface area contributed by atoms with E-state index >= 15 is 0 Å². The number of halogens is 1. The number of para-hydroxylation sites is 1. The maximum atomic E-state index is 13.8. The number of anilines is 1. The molecule has 7 rings (SSSR count). The molecule has 0 radical (unpaired) electrons. The van der Waals surface area contributed by atoms with Gasteiger partial charge < -0.3 is 0 Å². The van der Waals surface area contributed by atoms with Crippen LogP contribution in [0.2, 0.25) is 5.02 Å². The molecule has 6 nitrogen and oxygen atoms in total. The molecule has 3 aromatic rings. The second kappa shape index (κ2) is 6.02. The molecule has 152 valence electrons. The molecule has 1 aliphatic heterocycles. The number of hydrogen-bond acceptors (Lipinski definition) is 4. The van der Waals surface area contributed by atoms with E-state index in [2.05, 4.69) is 0 Å². The van der Waals surface area contributed by atoms with Crippen molar-refractivity contribution < 1.29 is 14.5 Å². The molecule has 2 bridgehead atoms. The third-order valence-corrected chi connectivity index (χ3v) is 7.27. The molecule has 4 aliphatic rings. The number of nitro groups is 1. The molecule has 0 saturated carbocycles. The molecule has 1 fully saturated rings. The Morgan fingerprint density at radius 2 is 1.39 bits per heavy atom. The molecule has 1 saturated heterocycles. The summed E-state index contributed by atoms with van der Waals surface area (Å²) in [4.78, 5) is 41.0. The zero-order valence-corrected chi connectivity index (χ0v) is 16.8. The Morgan fingerprint density at radius 3 is 1.97 bits per heavy atom. The van der Waals surface area contributed by atoms with E-state index < -0.39 is 35.1 Å². The van der Waals surface area contributed by atoms with Crippen LogP contribution in [-0.2, 0) is 15.1 Å². The number of hydrogen-bond donors (Lipinski definition) is 0. The maximum absolute atomic E-state index is 13.8. The van der Waals surface area contributed by atoms with Crippen LogP contribution in [0.25, 0.3) is 0 Å². The maximum Gasteiger partial charge on any atom is 0.285 e. The van der Waals surface area contributed by atoms with E-state index in [9.17, 15) is 19.7 Å². The van der Waals surface area contributed by atoms with Crippen molar-refractivity contribution in [1.82, 2.24) is 0 Å². The van der Waals surface area contributed by atoms with Gasteiger partial charge in [-0.25, -0.2) is 4.90 Å². The number of carbonyl (C=O) groups excluding carboxylic acids is 2. The lowest BCUT2D eigenvalue weighted by atomic mass is 9.51. The Bertz CT molecular complexity index is 1270. The number of rotatable bonds is 2. The second-order valence-corrected chi connectivity index (χ2v) is 8.55. The van der Waals surface area contributed by atoms with Gasteiger partial charge in [0.2, 0.25) is 11.8 Å². The van der Waals surface area contributed by atoms with E-state index in [1.165, 1.54) is 0 Å². The van der Waals surface area contributed by atoms with Crippen molar-refractivity contribution >= 4 is 29.1 Å². The predicted molar refractivity (Wildman–Crippen MR) is 113 cm³/mol. The van der Waals surface area contributed by atoms with E-state index in [1.54, 1.807) is 48.5 Å². The summed E-state index contributed by atoms with van der Waals surface area (Å²) in [6.07, 6.45) is 0. The van der Waals surface area contributed by atoms with Gasteiger partial charge in [-0.3, -0.25) is 19.7 Å². The molecule has 3 aromatic carbocycles. The van der Waals surface area contributed by atoms with Crippen LogP contribution in [-0.4, -0.2) is 16.7 Å². The first kappa shape index (κ1) is 18.3. The standard InChI is InChI=1S/C24H15ClN2O4/c25-17-11-5-6-12-18(17)26-22(28)20-19-13-7-1-3-9-15(13)24(27(30)31,21(20)23(26)29)16-10-4-2-8-14(16)19/h1-12,19-21H. The SMILES string of the molecule is O=C1C2C3c4ccccc4C([N+](=O)[O-])(c4ccccc43)C2C(=O)N1c1ccccc1Cl. The highest BCUT2D eigenvalue weighted by Crippen LogP contribution is 2.64. The molecule has 2 atom stereocenters. The normalized spacial score (nSPS) is 27.6. The average Bonchev–Trinajstić information content (AvgIpc) is 3.05. The molecule has 0 N–H and O–H groups in total. The van der Waals surface area contributed by atoms with E-state index in [-0.39, 0.29) is 15.6 Å². The van der Waals surface area contributed by atoms with Gasteiger partial charge in [0.05, 0.1) is 16.6 Å². The third-order valence-electron chi connectivity index (χ3n) is 6.95. The molecule has 2 unspecified atom stereocenters. The van der Waals surface area contributed by atoms with E-state index in [0.717, 1.165) is 16.0 Å². The Kier molecular flexibility index (Phi) is 3.55. The van der Waals surface area contributed by atoms with E-state index in [4.69, 9.17) is 11.6 Å². The Morgan fingerprint density at radius 1 is 0.839 bits per heavy atom. The van der Waals surface area contributed by atoms with Crippen LogP contribution in [0.3, 0.4) is 0 Å². The van der Waals surface area contributed by atoms with Crippen LogP contribution in [0.4, 0.5) is 5.69 Å². The highest BCUT2D eigenvalue weighted by atomic mass is 35.5. The molecule has 7 heteroatoms. The van der Waals surface area contributed by atoms with Gasteiger partial charge in [-0.2, -0.15) is 0 Å². The van der Waals surface area contributed by atoms with Crippen molar-refractivity contribution in [1.29, 1.82) is 0 Å². The number of nitrogens with zero attached hydrogens (tertiary/aromatic N) is 2. The number of imide groups is 1. The fourth-order valence-corrected chi connectivity index (χ4v) is 6.13. The number of amides is 2. The summed E-state index contributed by atoms with van der Waals surface area (Å²) in [5.74, 6) is -3.44. The van der Waals surface area contributed by atoms with Crippen LogP contribution < -0.4 is 4.90 Å². The monoisotopic (exact) mass is 430 g/mol. The molecule has 1 heterocycles. The van der Waals surface area contributed by atoms with Crippen molar-refractivity contribution in [3.63, 3.8) is 0 Å². The van der Waals surface area contributed by atoms with Gasteiger partial charge in [-0.1, -0.05) is 72.3 Å². The summed E-state index contributed by atoms with van der Waals surface area (Å²) in [7, 11) is 0. The fraction of sp³-hybridized carbons (Fsp3) is 0.167. The highest BCUT2D eigenvalue weighted by Gasteiger charge is 2.74. The molecule has 3 aliphatic carbocycles. The van der Waals surface area contributed by atoms with Crippen molar-refractivity contribution in [2.45, 2.75) is 11.5 Å². The second-order valence-electron chi connectivity index (χ2n) is 8.14. The van der Waals surface area contributed by atoms with Crippen LogP contribution in [0.5, 0.6) is 0 Å². The topological polar surface area (TPSA) is 80.5 Å². The average molecular weight is 431 g/mol. The molecule has 31 heavy (non-hydrogen) atoms. The minimum atomic E-state index is -1.82. The molecule has 2 amide bonds. The summed E-state index contributed by atoms with van der Waals surface area (Å²) >= 11 is 6.32. The van der Waals surface area contributed by atoms with Crippen molar-refractivity contribution in [2.24, 2.45) is 11.8 Å². The fourth-order valence-electron chi connectivity index (χ4n) is 5.91. The molecule has 0 spiro atoms. The van der Waals surface area contributed by atoms with Gasteiger partial charge in [0.25, 0.3) is 5.54 Å². The van der Waals surface area contributed by atoms with Gasteiger partial charge >= 0.3 is 0 Å². The summed E-state index contributed by atoms with van der Waals surface area (Å²) in [6.45, 7) is 0. The molecular weight excluding hydrogens is 416 g/mol. The Balaban J connectivity index is 1.69. The smallest absolute Gasteiger partial charge is 0.274 e. The lowest BCUT2D eigenvalue weighted by Gasteiger charge is -2.48. The van der Waals surface area contributed by atoms with Crippen molar-refractivity contribution in [3.8, 4) is 0 Å². The summed E-state index contributed by atoms with van der Waals surface area (Å²) in [5, 5.41) is 13.1. The Hall–Kier alpha value is -3.51. The van der Waals surface area contributed by atoms with Crippen molar-refractivity contribution in [2.75, 3.05) is 4.90 Å². The highest BCUT2D eigenvalue weighted by molar-refractivity contribution is 6.36. The van der Waals surface area contributed by atoms with Crippen LogP contribution in [0.1, 0.15) is 28.2 Å². The van der Waals surface area contributed by atoms with Gasteiger partial charge in [-0.15, -0.1) is 0 Å². The number of carbonyl (C=O) groups is 2. The predicted octanol–water partition coefficient (Wildman–Crippen LogP) is 4.13. The van der Waals surface area contributed by atoms with Gasteiger partial charge in [-0.05, 0) is 23.3 Å². The van der Waals surface area contributed by atoms with Crippen molar-refractivity contribution in [3.05, 3.63) is 110 Å². The summed E-state index contributed by atoms with van der Waals surface area (Å²) in [6, 6.07) is 20.8. The minimum absolute atomic E-state index is 0.250. The minimum Gasteiger partial charge on any atom is -0.274 e. The first-order chi connectivity index (χ1) is 15.0. The quantitative estimate of drug-likeness (QED) is 0.348.